The third-order valence-electron chi connectivity index (χ3n) is 5.30. The molecule has 3 heteroatoms. The van der Waals surface area contributed by atoms with Gasteiger partial charge in [0.2, 0.25) is 0 Å². The molecule has 0 aliphatic carbocycles. The van der Waals surface area contributed by atoms with Crippen LogP contribution < -0.4 is 0 Å². The molecule has 0 bridgehead atoms. The van der Waals surface area contributed by atoms with Gasteiger partial charge in [-0.3, -0.25) is 4.21 Å². The SMILES string of the molecule is CCCC[P+](CCCC)(CCCC)CCCC.Cc1ccc(S(C)=O)cc1. The summed E-state index contributed by atoms with van der Waals surface area (Å²) >= 11 is 0. The Bertz CT molecular complexity index is 446. The fourth-order valence-electron chi connectivity index (χ4n) is 3.37. The maximum atomic E-state index is 10.9. The average molecular weight is 414 g/mol. The van der Waals surface area contributed by atoms with Crippen molar-refractivity contribution in [3.63, 3.8) is 0 Å². The molecule has 1 atom stereocenters. The lowest BCUT2D eigenvalue weighted by atomic mass is 10.2. The maximum absolute atomic E-state index is 10.9. The number of aryl methyl sites for hydroxylation is 1. The highest BCUT2D eigenvalue weighted by molar-refractivity contribution is 7.84. The monoisotopic (exact) mass is 413 g/mol. The minimum atomic E-state index is -0.837. The van der Waals surface area contributed by atoms with Crippen molar-refractivity contribution in [3.8, 4) is 0 Å². The first-order chi connectivity index (χ1) is 12.9. The highest BCUT2D eigenvalue weighted by atomic mass is 32.2. The molecule has 0 spiro atoms. The topological polar surface area (TPSA) is 17.1 Å². The lowest BCUT2D eigenvalue weighted by Crippen LogP contribution is -2.12. The van der Waals surface area contributed by atoms with Crippen LogP contribution in [0, 0.1) is 6.92 Å². The first kappa shape index (κ1) is 26.8. The van der Waals surface area contributed by atoms with Crippen molar-refractivity contribution in [1.82, 2.24) is 0 Å². The Morgan fingerprint density at radius 3 is 1.30 bits per heavy atom. The van der Waals surface area contributed by atoms with Crippen LogP contribution in [0.2, 0.25) is 0 Å². The summed E-state index contributed by atoms with van der Waals surface area (Å²) in [5.74, 6) is 0. The van der Waals surface area contributed by atoms with Crippen molar-refractivity contribution < 1.29 is 4.21 Å². The van der Waals surface area contributed by atoms with Crippen LogP contribution in [-0.2, 0) is 10.8 Å². The van der Waals surface area contributed by atoms with Gasteiger partial charge in [0.25, 0.3) is 0 Å². The Hall–Kier alpha value is -0.200. The van der Waals surface area contributed by atoms with Crippen molar-refractivity contribution in [2.24, 2.45) is 0 Å². The van der Waals surface area contributed by atoms with E-state index >= 15 is 0 Å². The van der Waals surface area contributed by atoms with E-state index in [9.17, 15) is 4.21 Å². The van der Waals surface area contributed by atoms with E-state index in [4.69, 9.17) is 0 Å². The summed E-state index contributed by atoms with van der Waals surface area (Å²) < 4.78 is 10.9. The lowest BCUT2D eigenvalue weighted by molar-refractivity contribution is 0.687. The molecule has 0 heterocycles. The van der Waals surface area contributed by atoms with Crippen LogP contribution in [-0.4, -0.2) is 35.1 Å². The second-order valence-corrected chi connectivity index (χ2v) is 13.8. The van der Waals surface area contributed by atoms with E-state index < -0.39 is 18.1 Å². The van der Waals surface area contributed by atoms with Crippen LogP contribution in [0.25, 0.3) is 0 Å². The van der Waals surface area contributed by atoms with Gasteiger partial charge in [-0.05, 0) is 44.7 Å². The Morgan fingerprint density at radius 2 is 1.04 bits per heavy atom. The fourth-order valence-corrected chi connectivity index (χ4v) is 9.18. The molecule has 0 radical (unpaired) electrons. The van der Waals surface area contributed by atoms with Gasteiger partial charge in [0.05, 0.1) is 24.6 Å². The molecule has 27 heavy (non-hydrogen) atoms. The summed E-state index contributed by atoms with van der Waals surface area (Å²) in [5.41, 5.74) is 1.20. The first-order valence-corrected chi connectivity index (χ1v) is 15.3. The summed E-state index contributed by atoms with van der Waals surface area (Å²) in [6.45, 7) is 11.4. The van der Waals surface area contributed by atoms with Crippen molar-refractivity contribution in [1.29, 1.82) is 0 Å². The van der Waals surface area contributed by atoms with Gasteiger partial charge in [0, 0.05) is 29.2 Å². The van der Waals surface area contributed by atoms with E-state index in [2.05, 4.69) is 27.7 Å². The van der Waals surface area contributed by atoms with Crippen LogP contribution in [0.15, 0.2) is 29.2 Å². The molecular weight excluding hydrogens is 367 g/mol. The minimum Gasteiger partial charge on any atom is -0.255 e. The number of hydrogen-bond acceptors (Lipinski definition) is 1. The molecule has 1 aromatic carbocycles. The van der Waals surface area contributed by atoms with E-state index in [0.717, 1.165) is 4.90 Å². The molecule has 0 N–H and O–H groups in total. The zero-order valence-electron chi connectivity index (χ0n) is 19.1. The molecule has 0 amide bonds. The molecule has 0 saturated carbocycles. The highest BCUT2D eigenvalue weighted by Gasteiger charge is 2.34. The Balaban J connectivity index is 0.000000569. The number of unbranched alkanes of at least 4 members (excludes halogenated alkanes) is 4. The average Bonchev–Trinajstić information content (AvgIpc) is 2.68. The molecule has 158 valence electrons. The second kappa shape index (κ2) is 16.7. The summed E-state index contributed by atoms with van der Waals surface area (Å²) in [5, 5.41) is 0. The quantitative estimate of drug-likeness (QED) is 0.300. The molecule has 0 aliphatic rings. The predicted octanol–water partition coefficient (Wildman–Crippen LogP) is 7.94. The highest BCUT2D eigenvalue weighted by Crippen LogP contribution is 2.61. The molecule has 0 saturated heterocycles. The summed E-state index contributed by atoms with van der Waals surface area (Å²) in [7, 11) is -1.40. The Labute approximate surface area is 173 Å². The van der Waals surface area contributed by atoms with Gasteiger partial charge in [0.15, 0.2) is 0 Å². The first-order valence-electron chi connectivity index (χ1n) is 11.2. The van der Waals surface area contributed by atoms with E-state index in [0.29, 0.717) is 0 Å². The number of benzene rings is 1. The molecule has 1 unspecified atom stereocenters. The van der Waals surface area contributed by atoms with Crippen LogP contribution in [0.5, 0.6) is 0 Å². The lowest BCUT2D eigenvalue weighted by Gasteiger charge is -2.28. The van der Waals surface area contributed by atoms with Gasteiger partial charge in [0.1, 0.15) is 0 Å². The Kier molecular flexibility index (Phi) is 16.6. The predicted molar refractivity (Wildman–Crippen MR) is 130 cm³/mol. The number of rotatable bonds is 13. The van der Waals surface area contributed by atoms with Gasteiger partial charge in [-0.15, -0.1) is 0 Å². The van der Waals surface area contributed by atoms with Crippen molar-refractivity contribution in [2.45, 2.75) is 90.9 Å². The van der Waals surface area contributed by atoms with Crippen molar-refractivity contribution >= 4 is 18.1 Å². The third kappa shape index (κ3) is 12.8. The van der Waals surface area contributed by atoms with E-state index in [1.54, 1.807) is 30.9 Å². The van der Waals surface area contributed by atoms with Crippen molar-refractivity contribution in [3.05, 3.63) is 29.8 Å². The van der Waals surface area contributed by atoms with Crippen LogP contribution >= 0.6 is 7.26 Å². The minimum absolute atomic E-state index is 0.562. The third-order valence-corrected chi connectivity index (χ3v) is 11.3. The molecule has 1 nitrogen and oxygen atoms in total. The smallest absolute Gasteiger partial charge is 0.0594 e. The largest absolute Gasteiger partial charge is 0.255 e. The fraction of sp³-hybridized carbons (Fsp3) is 0.750. The molecule has 0 fully saturated rings. The van der Waals surface area contributed by atoms with Crippen LogP contribution in [0.4, 0.5) is 0 Å². The van der Waals surface area contributed by atoms with E-state index in [-0.39, 0.29) is 0 Å². The standard InChI is InChI=1S/C16H36P.C8H10OS/c1-5-9-13-17(14-10-6-2,15-11-7-3)16-12-8-4;1-7-3-5-8(6-4-7)10(2)9/h5-16H2,1-4H3;3-6H,1-2H3/q+1;. The molecule has 0 aliphatic heterocycles. The van der Waals surface area contributed by atoms with Gasteiger partial charge in [-0.25, -0.2) is 0 Å². The molecule has 1 aromatic rings. The Morgan fingerprint density at radius 1 is 0.704 bits per heavy atom. The summed E-state index contributed by atoms with van der Waals surface area (Å²) in [4.78, 5) is 0.894. The normalized spacial score (nSPS) is 12.4. The summed E-state index contributed by atoms with van der Waals surface area (Å²) in [6, 6.07) is 7.73. The zero-order valence-corrected chi connectivity index (χ0v) is 20.8. The van der Waals surface area contributed by atoms with Crippen molar-refractivity contribution in [2.75, 3.05) is 30.9 Å². The molecular formula is C24H46OPS+. The number of hydrogen-bond donors (Lipinski definition) is 0. The second-order valence-electron chi connectivity index (χ2n) is 7.92. The molecule has 1 rings (SSSR count). The van der Waals surface area contributed by atoms with Crippen LogP contribution in [0.1, 0.15) is 84.6 Å². The van der Waals surface area contributed by atoms with E-state index in [1.165, 1.54) is 56.9 Å². The van der Waals surface area contributed by atoms with E-state index in [1.807, 2.05) is 31.2 Å². The van der Waals surface area contributed by atoms with Gasteiger partial charge < -0.3 is 0 Å². The van der Waals surface area contributed by atoms with Gasteiger partial charge in [-0.2, -0.15) is 0 Å². The maximum Gasteiger partial charge on any atom is 0.0594 e. The van der Waals surface area contributed by atoms with Gasteiger partial charge in [-0.1, -0.05) is 71.1 Å². The van der Waals surface area contributed by atoms with Crippen LogP contribution in [0.3, 0.4) is 0 Å². The zero-order chi connectivity index (χ0) is 20.5. The molecule has 0 aromatic heterocycles. The summed E-state index contributed by atoms with van der Waals surface area (Å²) in [6.07, 6.45) is 19.6. The van der Waals surface area contributed by atoms with Gasteiger partial charge >= 0.3 is 0 Å².